The molecule has 0 spiro atoms. The Morgan fingerprint density at radius 2 is 1.11 bits per heavy atom. The number of rotatable bonds is 15. The first kappa shape index (κ1) is 19.4. The Hall–Kier alpha value is 1.40. The van der Waals surface area contributed by atoms with Crippen molar-refractivity contribution in [3.63, 3.8) is 0 Å². The van der Waals surface area contributed by atoms with Gasteiger partial charge in [0.2, 0.25) is 0 Å². The van der Waals surface area contributed by atoms with E-state index >= 15 is 0 Å². The van der Waals surface area contributed by atoms with Crippen LogP contribution in [0.25, 0.3) is 0 Å². The standard InChI is InChI=1S/C14H30S4/c1-2-3-5-9-17-13-14-18-11-7-4-6-10-16-12-8-15/h15H,2-14H2,1H3. The van der Waals surface area contributed by atoms with E-state index in [9.17, 15) is 0 Å². The molecule has 0 aromatic heterocycles. The molecule has 0 aromatic rings. The van der Waals surface area contributed by atoms with Crippen LogP contribution in [-0.4, -0.2) is 40.3 Å². The molecule has 0 aliphatic carbocycles. The van der Waals surface area contributed by atoms with E-state index in [-0.39, 0.29) is 0 Å². The maximum atomic E-state index is 4.21. The Morgan fingerprint density at radius 3 is 1.61 bits per heavy atom. The van der Waals surface area contributed by atoms with Gasteiger partial charge in [0.15, 0.2) is 0 Å². The number of thiol groups is 1. The third-order valence-corrected chi connectivity index (χ3v) is 6.57. The summed E-state index contributed by atoms with van der Waals surface area (Å²) in [5.74, 6) is 9.02. The summed E-state index contributed by atoms with van der Waals surface area (Å²) in [7, 11) is 0. The molecule has 18 heavy (non-hydrogen) atoms. The first-order chi connectivity index (χ1) is 8.91. The summed E-state index contributed by atoms with van der Waals surface area (Å²) < 4.78 is 0. The van der Waals surface area contributed by atoms with Gasteiger partial charge in [-0.15, -0.1) is 0 Å². The highest BCUT2D eigenvalue weighted by molar-refractivity contribution is 8.02. The second kappa shape index (κ2) is 18.4. The average Bonchev–Trinajstić information content (AvgIpc) is 2.39. The van der Waals surface area contributed by atoms with Gasteiger partial charge >= 0.3 is 0 Å². The van der Waals surface area contributed by atoms with Gasteiger partial charge in [0.1, 0.15) is 0 Å². The van der Waals surface area contributed by atoms with Gasteiger partial charge in [-0.25, -0.2) is 0 Å². The third kappa shape index (κ3) is 17.4. The second-order valence-electron chi connectivity index (χ2n) is 4.33. The molecule has 0 fully saturated rings. The summed E-state index contributed by atoms with van der Waals surface area (Å²) in [4.78, 5) is 0. The van der Waals surface area contributed by atoms with E-state index in [2.05, 4.69) is 43.1 Å². The highest BCUT2D eigenvalue weighted by Gasteiger charge is 1.93. The number of hydrogen-bond acceptors (Lipinski definition) is 4. The molecular formula is C14H30S4. The SMILES string of the molecule is CCCCCSCCSCCCCCSCCS. The van der Waals surface area contributed by atoms with Gasteiger partial charge in [-0.05, 0) is 42.3 Å². The molecule has 0 rings (SSSR count). The Labute approximate surface area is 133 Å². The zero-order valence-corrected chi connectivity index (χ0v) is 15.2. The van der Waals surface area contributed by atoms with E-state index in [4.69, 9.17) is 0 Å². The van der Waals surface area contributed by atoms with Crippen LogP contribution >= 0.6 is 47.9 Å². The number of hydrogen-bond donors (Lipinski definition) is 1. The molecule has 0 amide bonds. The van der Waals surface area contributed by atoms with E-state index in [0.29, 0.717) is 0 Å². The summed E-state index contributed by atoms with van der Waals surface area (Å²) in [5, 5.41) is 0. The minimum absolute atomic E-state index is 1.02. The van der Waals surface area contributed by atoms with Gasteiger partial charge in [-0.3, -0.25) is 0 Å². The molecular weight excluding hydrogens is 296 g/mol. The smallest absolute Gasteiger partial charge is 0.00235 e. The molecule has 0 nitrogen and oxygen atoms in total. The van der Waals surface area contributed by atoms with Crippen molar-refractivity contribution in [2.45, 2.75) is 45.4 Å². The van der Waals surface area contributed by atoms with Crippen LogP contribution in [0.5, 0.6) is 0 Å². The first-order valence-corrected chi connectivity index (χ1v) is 11.4. The number of thioether (sulfide) groups is 3. The van der Waals surface area contributed by atoms with Gasteiger partial charge in [-0.1, -0.05) is 26.2 Å². The molecule has 0 N–H and O–H groups in total. The first-order valence-electron chi connectivity index (χ1n) is 7.26. The van der Waals surface area contributed by atoms with Crippen LogP contribution in [0.15, 0.2) is 0 Å². The summed E-state index contributed by atoms with van der Waals surface area (Å²) in [6.45, 7) is 2.28. The van der Waals surface area contributed by atoms with Gasteiger partial charge in [-0.2, -0.15) is 47.9 Å². The zero-order valence-electron chi connectivity index (χ0n) is 11.9. The maximum Gasteiger partial charge on any atom is 0.00235 e. The predicted molar refractivity (Wildman–Crippen MR) is 99.2 cm³/mol. The lowest BCUT2D eigenvalue weighted by Crippen LogP contribution is -1.90. The lowest BCUT2D eigenvalue weighted by molar-refractivity contribution is 0.778. The summed E-state index contributed by atoms with van der Waals surface area (Å²) >= 11 is 10.5. The lowest BCUT2D eigenvalue weighted by Gasteiger charge is -2.03. The van der Waals surface area contributed by atoms with E-state index in [0.717, 1.165) is 5.75 Å². The van der Waals surface area contributed by atoms with Crippen LogP contribution in [0.3, 0.4) is 0 Å². The quantitative estimate of drug-likeness (QED) is 0.313. The minimum Gasteiger partial charge on any atom is -0.179 e. The average molecular weight is 327 g/mol. The van der Waals surface area contributed by atoms with Crippen molar-refractivity contribution in [1.82, 2.24) is 0 Å². The van der Waals surface area contributed by atoms with Crippen molar-refractivity contribution in [2.75, 3.05) is 40.3 Å². The second-order valence-corrected chi connectivity index (χ2v) is 8.45. The molecule has 0 saturated heterocycles. The lowest BCUT2D eigenvalue weighted by atomic mass is 10.3. The summed E-state index contributed by atoms with van der Waals surface area (Å²) in [6.07, 6.45) is 8.39. The third-order valence-electron chi connectivity index (χ3n) is 2.58. The van der Waals surface area contributed by atoms with Crippen molar-refractivity contribution in [3.05, 3.63) is 0 Å². The van der Waals surface area contributed by atoms with Gasteiger partial charge in [0.05, 0.1) is 0 Å². The Balaban J connectivity index is 2.86. The molecule has 110 valence electrons. The Morgan fingerprint density at radius 1 is 0.611 bits per heavy atom. The van der Waals surface area contributed by atoms with E-state index < -0.39 is 0 Å². The van der Waals surface area contributed by atoms with Crippen LogP contribution in [0, 0.1) is 0 Å². The largest absolute Gasteiger partial charge is 0.179 e. The fraction of sp³-hybridized carbons (Fsp3) is 1.00. The van der Waals surface area contributed by atoms with Crippen LogP contribution in [0.1, 0.15) is 45.4 Å². The van der Waals surface area contributed by atoms with Crippen molar-refractivity contribution < 1.29 is 0 Å². The van der Waals surface area contributed by atoms with Crippen molar-refractivity contribution in [2.24, 2.45) is 0 Å². The topological polar surface area (TPSA) is 0 Å². The molecule has 0 saturated carbocycles. The van der Waals surface area contributed by atoms with E-state index in [1.165, 1.54) is 73.0 Å². The summed E-state index contributed by atoms with van der Waals surface area (Å²) in [5.41, 5.74) is 0. The van der Waals surface area contributed by atoms with Crippen LogP contribution in [0.4, 0.5) is 0 Å². The summed E-state index contributed by atoms with van der Waals surface area (Å²) in [6, 6.07) is 0. The number of unbranched alkanes of at least 4 members (excludes halogenated alkanes) is 4. The molecule has 0 unspecified atom stereocenters. The zero-order chi connectivity index (χ0) is 13.3. The van der Waals surface area contributed by atoms with E-state index in [1.54, 1.807) is 0 Å². The normalized spacial score (nSPS) is 11.0. The highest BCUT2D eigenvalue weighted by atomic mass is 32.2. The molecule has 0 aliphatic heterocycles. The van der Waals surface area contributed by atoms with E-state index in [1.807, 2.05) is 11.8 Å². The Bertz CT molecular complexity index is 126. The molecule has 0 radical (unpaired) electrons. The van der Waals surface area contributed by atoms with Crippen molar-refractivity contribution in [1.29, 1.82) is 0 Å². The van der Waals surface area contributed by atoms with Gasteiger partial charge in [0.25, 0.3) is 0 Å². The molecule has 0 aromatic carbocycles. The Kier molecular flexibility index (Phi) is 19.8. The molecule has 0 heterocycles. The van der Waals surface area contributed by atoms with Crippen molar-refractivity contribution in [3.8, 4) is 0 Å². The predicted octanol–water partition coefficient (Wildman–Crippen LogP) is 5.48. The highest BCUT2D eigenvalue weighted by Crippen LogP contribution is 2.13. The maximum absolute atomic E-state index is 4.21. The molecule has 0 atom stereocenters. The van der Waals surface area contributed by atoms with Gasteiger partial charge in [0, 0.05) is 17.3 Å². The monoisotopic (exact) mass is 326 g/mol. The van der Waals surface area contributed by atoms with Crippen molar-refractivity contribution >= 4 is 47.9 Å². The van der Waals surface area contributed by atoms with Crippen LogP contribution < -0.4 is 0 Å². The van der Waals surface area contributed by atoms with Gasteiger partial charge < -0.3 is 0 Å². The molecule has 0 aliphatic rings. The minimum atomic E-state index is 1.02. The fourth-order valence-corrected chi connectivity index (χ4v) is 4.82. The van der Waals surface area contributed by atoms with Crippen LogP contribution in [-0.2, 0) is 0 Å². The molecule has 0 bridgehead atoms. The fourth-order valence-electron chi connectivity index (χ4n) is 1.53. The molecule has 4 heteroatoms. The van der Waals surface area contributed by atoms with Crippen LogP contribution in [0.2, 0.25) is 0 Å².